The molecule has 1 N–H and O–H groups in total. The summed E-state index contributed by atoms with van der Waals surface area (Å²) in [5, 5.41) is 5.41. The molecule has 2 aromatic rings. The summed E-state index contributed by atoms with van der Waals surface area (Å²) >= 11 is 6.02. The van der Waals surface area contributed by atoms with E-state index in [0.717, 1.165) is 41.2 Å². The number of anilines is 1. The van der Waals surface area contributed by atoms with Gasteiger partial charge in [-0.15, -0.1) is 0 Å². The Bertz CT molecular complexity index is 567. The van der Waals surface area contributed by atoms with Gasteiger partial charge in [0, 0.05) is 34.9 Å². The van der Waals surface area contributed by atoms with Gasteiger partial charge in [0.25, 0.3) is 0 Å². The highest BCUT2D eigenvalue weighted by Gasteiger charge is 2.09. The maximum atomic E-state index is 6.02. The van der Waals surface area contributed by atoms with Crippen LogP contribution in [-0.4, -0.2) is 35.6 Å². The lowest BCUT2D eigenvalue weighted by atomic mass is 10.1. The zero-order valence-electron chi connectivity index (χ0n) is 12.4. The molecule has 0 fully saturated rings. The molecule has 1 aromatic heterocycles. The summed E-state index contributed by atoms with van der Waals surface area (Å²) in [5.41, 5.74) is 2.05. The molecule has 0 aliphatic rings. The van der Waals surface area contributed by atoms with Gasteiger partial charge in [0.2, 0.25) is 0 Å². The van der Waals surface area contributed by atoms with Crippen LogP contribution < -0.4 is 5.32 Å². The number of halogens is 1. The first kappa shape index (κ1) is 15.1. The molecule has 1 atom stereocenters. The van der Waals surface area contributed by atoms with E-state index in [2.05, 4.69) is 36.0 Å². The van der Waals surface area contributed by atoms with E-state index in [9.17, 15) is 0 Å². The summed E-state index contributed by atoms with van der Waals surface area (Å²) in [5.74, 6) is 0. The van der Waals surface area contributed by atoms with Crippen LogP contribution in [-0.2, 0) is 0 Å². The fourth-order valence-corrected chi connectivity index (χ4v) is 2.59. The molecule has 0 amide bonds. The third-order valence-electron chi connectivity index (χ3n) is 3.53. The second-order valence-corrected chi connectivity index (χ2v) is 5.49. The number of likely N-dealkylation sites (N-methyl/N-ethyl adjacent to an activating group) is 1. The highest BCUT2D eigenvalue weighted by atomic mass is 35.5. The fourth-order valence-electron chi connectivity index (χ4n) is 2.43. The van der Waals surface area contributed by atoms with Gasteiger partial charge in [-0.3, -0.25) is 4.98 Å². The molecule has 0 unspecified atom stereocenters. The molecule has 1 heterocycles. The number of aromatic nitrogens is 1. The van der Waals surface area contributed by atoms with E-state index < -0.39 is 0 Å². The average molecular weight is 292 g/mol. The number of benzene rings is 1. The lowest BCUT2D eigenvalue weighted by Gasteiger charge is -2.24. The third-order valence-corrected chi connectivity index (χ3v) is 3.77. The Morgan fingerprint density at radius 2 is 2.00 bits per heavy atom. The summed E-state index contributed by atoms with van der Waals surface area (Å²) < 4.78 is 0. The Morgan fingerprint density at radius 1 is 1.25 bits per heavy atom. The van der Waals surface area contributed by atoms with Gasteiger partial charge in [-0.1, -0.05) is 25.4 Å². The smallest absolute Gasteiger partial charge is 0.0737 e. The third kappa shape index (κ3) is 3.62. The van der Waals surface area contributed by atoms with Crippen LogP contribution in [0.5, 0.6) is 0 Å². The van der Waals surface area contributed by atoms with Gasteiger partial charge in [-0.05, 0) is 44.3 Å². The van der Waals surface area contributed by atoms with Gasteiger partial charge in [0.05, 0.1) is 5.52 Å². The fraction of sp³-hybridized carbons (Fsp3) is 0.438. The summed E-state index contributed by atoms with van der Waals surface area (Å²) in [6.07, 6.45) is 1.82. The Kier molecular flexibility index (Phi) is 5.21. The molecular formula is C16H22ClN3. The van der Waals surface area contributed by atoms with E-state index in [-0.39, 0.29) is 0 Å². The molecule has 108 valence electrons. The van der Waals surface area contributed by atoms with Crippen molar-refractivity contribution in [2.75, 3.05) is 25.0 Å². The summed E-state index contributed by atoms with van der Waals surface area (Å²) in [4.78, 5) is 6.78. The monoisotopic (exact) mass is 291 g/mol. The van der Waals surface area contributed by atoms with E-state index in [1.54, 1.807) is 0 Å². The number of nitrogens with one attached hydrogen (secondary N) is 1. The van der Waals surface area contributed by atoms with Crippen molar-refractivity contribution in [1.82, 2.24) is 9.88 Å². The zero-order chi connectivity index (χ0) is 14.5. The van der Waals surface area contributed by atoms with Gasteiger partial charge in [0.15, 0.2) is 0 Å². The van der Waals surface area contributed by atoms with Crippen molar-refractivity contribution in [3.05, 3.63) is 35.5 Å². The molecule has 20 heavy (non-hydrogen) atoms. The topological polar surface area (TPSA) is 28.2 Å². The second-order valence-electron chi connectivity index (χ2n) is 5.05. The van der Waals surface area contributed by atoms with Crippen LogP contribution in [0.25, 0.3) is 10.9 Å². The maximum Gasteiger partial charge on any atom is 0.0737 e. The quantitative estimate of drug-likeness (QED) is 0.871. The predicted molar refractivity (Wildman–Crippen MR) is 87.6 cm³/mol. The molecule has 0 aliphatic heterocycles. The number of rotatable bonds is 6. The first-order chi connectivity index (χ1) is 9.63. The van der Waals surface area contributed by atoms with E-state index in [1.807, 2.05) is 30.5 Å². The molecular weight excluding hydrogens is 270 g/mol. The molecule has 0 bridgehead atoms. The molecule has 0 spiro atoms. The van der Waals surface area contributed by atoms with Crippen LogP contribution in [0, 0.1) is 0 Å². The SMILES string of the molecule is CCN(CC)C[C@H](C)Nc1ccnc2cc(Cl)ccc12. The minimum atomic E-state index is 0.385. The summed E-state index contributed by atoms with van der Waals surface area (Å²) in [6, 6.07) is 8.24. The first-order valence-electron chi connectivity index (χ1n) is 7.17. The molecule has 2 rings (SSSR count). The Hall–Kier alpha value is -1.32. The molecule has 0 saturated heterocycles. The van der Waals surface area contributed by atoms with Crippen LogP contribution in [0.1, 0.15) is 20.8 Å². The number of hydrogen-bond donors (Lipinski definition) is 1. The van der Waals surface area contributed by atoms with Crippen molar-refractivity contribution in [3.63, 3.8) is 0 Å². The lowest BCUT2D eigenvalue weighted by molar-refractivity contribution is 0.295. The Morgan fingerprint density at radius 3 is 2.70 bits per heavy atom. The van der Waals surface area contributed by atoms with Crippen LogP contribution >= 0.6 is 11.6 Å². The van der Waals surface area contributed by atoms with Crippen LogP contribution in [0.15, 0.2) is 30.5 Å². The van der Waals surface area contributed by atoms with E-state index in [4.69, 9.17) is 11.6 Å². The normalized spacial score (nSPS) is 12.8. The molecule has 3 nitrogen and oxygen atoms in total. The Labute approximate surface area is 126 Å². The minimum absolute atomic E-state index is 0.385. The van der Waals surface area contributed by atoms with Crippen molar-refractivity contribution in [1.29, 1.82) is 0 Å². The highest BCUT2D eigenvalue weighted by molar-refractivity contribution is 6.31. The number of hydrogen-bond acceptors (Lipinski definition) is 3. The van der Waals surface area contributed by atoms with Crippen molar-refractivity contribution in [3.8, 4) is 0 Å². The number of nitrogens with zero attached hydrogens (tertiary/aromatic N) is 2. The molecule has 0 radical (unpaired) electrons. The molecule has 0 aliphatic carbocycles. The minimum Gasteiger partial charge on any atom is -0.381 e. The number of fused-ring (bicyclic) bond motifs is 1. The van der Waals surface area contributed by atoms with Gasteiger partial charge in [-0.25, -0.2) is 0 Å². The molecule has 0 saturated carbocycles. The van der Waals surface area contributed by atoms with Gasteiger partial charge in [-0.2, -0.15) is 0 Å². The first-order valence-corrected chi connectivity index (χ1v) is 7.55. The van der Waals surface area contributed by atoms with Crippen LogP contribution in [0.2, 0.25) is 5.02 Å². The van der Waals surface area contributed by atoms with E-state index >= 15 is 0 Å². The van der Waals surface area contributed by atoms with Crippen molar-refractivity contribution >= 4 is 28.2 Å². The molecule has 1 aromatic carbocycles. The summed E-state index contributed by atoms with van der Waals surface area (Å²) in [7, 11) is 0. The van der Waals surface area contributed by atoms with Gasteiger partial charge in [0.1, 0.15) is 0 Å². The lowest BCUT2D eigenvalue weighted by Crippen LogP contribution is -2.34. The van der Waals surface area contributed by atoms with Crippen molar-refractivity contribution < 1.29 is 0 Å². The maximum absolute atomic E-state index is 6.02. The number of pyridine rings is 1. The highest BCUT2D eigenvalue weighted by Crippen LogP contribution is 2.24. The average Bonchev–Trinajstić information content (AvgIpc) is 2.44. The van der Waals surface area contributed by atoms with Gasteiger partial charge >= 0.3 is 0 Å². The zero-order valence-corrected chi connectivity index (χ0v) is 13.1. The predicted octanol–water partition coefficient (Wildman–Crippen LogP) is 4.03. The van der Waals surface area contributed by atoms with E-state index in [0.29, 0.717) is 6.04 Å². The van der Waals surface area contributed by atoms with Crippen LogP contribution in [0.4, 0.5) is 5.69 Å². The Balaban J connectivity index is 2.17. The van der Waals surface area contributed by atoms with Gasteiger partial charge < -0.3 is 10.2 Å². The molecule has 4 heteroatoms. The largest absolute Gasteiger partial charge is 0.381 e. The van der Waals surface area contributed by atoms with Crippen molar-refractivity contribution in [2.24, 2.45) is 0 Å². The standard InChI is InChI=1S/C16H22ClN3/c1-4-20(5-2)11-12(3)19-15-8-9-18-16-10-13(17)6-7-14(15)16/h6-10,12H,4-5,11H2,1-3H3,(H,18,19)/t12-/m0/s1. The van der Waals surface area contributed by atoms with Crippen LogP contribution in [0.3, 0.4) is 0 Å². The van der Waals surface area contributed by atoms with E-state index in [1.165, 1.54) is 0 Å². The summed E-state index contributed by atoms with van der Waals surface area (Å²) in [6.45, 7) is 9.79. The van der Waals surface area contributed by atoms with Crippen molar-refractivity contribution in [2.45, 2.75) is 26.8 Å². The second kappa shape index (κ2) is 6.91.